The van der Waals surface area contributed by atoms with Crippen LogP contribution in [0.25, 0.3) is 27.2 Å². The zero-order valence-electron chi connectivity index (χ0n) is 24.5. The third-order valence-electron chi connectivity index (χ3n) is 9.18. The van der Waals surface area contributed by atoms with Gasteiger partial charge >= 0.3 is 0 Å². The van der Waals surface area contributed by atoms with Crippen molar-refractivity contribution in [2.75, 3.05) is 36.4 Å². The molecular weight excluding hydrogens is 568 g/mol. The molecule has 222 valence electrons. The predicted octanol–water partition coefficient (Wildman–Crippen LogP) is 5.81. The molecule has 44 heavy (non-hydrogen) atoms. The van der Waals surface area contributed by atoms with Gasteiger partial charge in [0.2, 0.25) is 5.95 Å². The van der Waals surface area contributed by atoms with Crippen molar-refractivity contribution in [3.8, 4) is 10.6 Å². The number of fused-ring (bicyclic) bond motifs is 2. The number of benzene rings is 1. The Morgan fingerprint density at radius 2 is 1.91 bits per heavy atom. The molecule has 0 bridgehead atoms. The van der Waals surface area contributed by atoms with E-state index in [9.17, 15) is 4.79 Å². The third-order valence-corrected chi connectivity index (χ3v) is 9.99. The summed E-state index contributed by atoms with van der Waals surface area (Å²) in [5.74, 6) is 0.800. The zero-order valence-corrected chi connectivity index (χ0v) is 25.3. The van der Waals surface area contributed by atoms with Crippen LogP contribution in [0.4, 0.5) is 17.3 Å². The molecule has 5 aromatic rings. The van der Waals surface area contributed by atoms with Crippen molar-refractivity contribution in [2.45, 2.75) is 38.3 Å². The first-order valence-electron chi connectivity index (χ1n) is 15.4. The molecule has 0 amide bonds. The molecule has 1 N–H and O–H groups in total. The lowest BCUT2D eigenvalue weighted by atomic mass is 10.0. The molecule has 1 saturated carbocycles. The number of allylic oxidation sites excluding steroid dienone is 1. The summed E-state index contributed by atoms with van der Waals surface area (Å²) < 4.78 is 1.72. The Labute approximate surface area is 260 Å². The smallest absolute Gasteiger partial charge is 0.260 e. The predicted molar refractivity (Wildman–Crippen MR) is 177 cm³/mol. The fourth-order valence-electron chi connectivity index (χ4n) is 6.62. The number of anilines is 3. The number of piperazine rings is 1. The molecule has 0 spiro atoms. The van der Waals surface area contributed by atoms with Crippen molar-refractivity contribution >= 4 is 45.3 Å². The summed E-state index contributed by atoms with van der Waals surface area (Å²) >= 11 is 1.55. The van der Waals surface area contributed by atoms with Crippen LogP contribution in [0, 0.1) is 5.92 Å². The van der Waals surface area contributed by atoms with Crippen molar-refractivity contribution in [3.05, 3.63) is 94.6 Å². The number of hydrogen-bond acceptors (Lipinski definition) is 9. The second-order valence-electron chi connectivity index (χ2n) is 12.0. The van der Waals surface area contributed by atoms with Crippen LogP contribution >= 0.6 is 11.3 Å². The zero-order chi connectivity index (χ0) is 29.6. The minimum absolute atomic E-state index is 0.110. The number of rotatable bonds is 8. The lowest BCUT2D eigenvalue weighted by Crippen LogP contribution is -2.50. The van der Waals surface area contributed by atoms with Gasteiger partial charge in [-0.05, 0) is 86.2 Å². The molecule has 8 rings (SSSR count). The largest absolute Gasteiger partial charge is 0.369 e. The van der Waals surface area contributed by atoms with Gasteiger partial charge < -0.3 is 10.2 Å². The van der Waals surface area contributed by atoms with E-state index in [0.29, 0.717) is 29.1 Å². The number of thiazole rings is 1. The molecule has 3 aliphatic rings. The SMILES string of the molecule is C=C(c1cc2cnc(Nc3ccc(N4CCN5CCCC5C4)cc3)nc2n(Cc2ncccc2-c2nccs2)c1=O)C1CC1. The molecule has 4 aromatic heterocycles. The Morgan fingerprint density at radius 1 is 1.02 bits per heavy atom. The summed E-state index contributed by atoms with van der Waals surface area (Å²) in [5, 5.41) is 6.97. The van der Waals surface area contributed by atoms with Crippen LogP contribution in [0.5, 0.6) is 0 Å². The fraction of sp³-hybridized carbons (Fsp3) is 0.324. The molecule has 2 aliphatic heterocycles. The average molecular weight is 603 g/mol. The highest BCUT2D eigenvalue weighted by Gasteiger charge is 2.31. The monoisotopic (exact) mass is 602 g/mol. The van der Waals surface area contributed by atoms with Gasteiger partial charge in [0.05, 0.1) is 12.2 Å². The number of nitrogens with one attached hydrogen (secondary N) is 1. The highest BCUT2D eigenvalue weighted by Crippen LogP contribution is 2.40. The van der Waals surface area contributed by atoms with Crippen LogP contribution in [0.3, 0.4) is 0 Å². The highest BCUT2D eigenvalue weighted by atomic mass is 32.1. The van der Waals surface area contributed by atoms with Crippen LogP contribution in [0.1, 0.15) is 36.9 Å². The van der Waals surface area contributed by atoms with Crippen molar-refractivity contribution in [1.29, 1.82) is 0 Å². The first-order valence-corrected chi connectivity index (χ1v) is 16.3. The molecule has 1 atom stereocenters. The maximum atomic E-state index is 14.1. The standard InChI is InChI=1S/C34H34N8OS/c1-22(23-6-7-23)29-18-24-19-37-34(38-25-8-10-26(11-9-25)41-16-15-40-14-3-4-27(40)20-41)39-31(24)42(33(29)43)21-30-28(5-2-12-35-30)32-36-13-17-44-32/h2,5,8-13,17-19,23,27H,1,3-4,6-7,14-16,20-21H2,(H,37,38,39). The van der Waals surface area contributed by atoms with E-state index in [-0.39, 0.29) is 12.1 Å². The molecule has 1 aliphatic carbocycles. The second kappa shape index (κ2) is 11.3. The fourth-order valence-corrected chi connectivity index (χ4v) is 7.31. The van der Waals surface area contributed by atoms with E-state index in [0.717, 1.165) is 65.4 Å². The van der Waals surface area contributed by atoms with Gasteiger partial charge in [0, 0.05) is 77.5 Å². The Hall–Kier alpha value is -4.41. The number of nitrogens with zero attached hydrogens (tertiary/aromatic N) is 7. The first-order chi connectivity index (χ1) is 21.6. The van der Waals surface area contributed by atoms with Crippen molar-refractivity contribution in [3.63, 3.8) is 0 Å². The Kier molecular flexibility index (Phi) is 6.95. The first kappa shape index (κ1) is 27.2. The van der Waals surface area contributed by atoms with E-state index < -0.39 is 0 Å². The van der Waals surface area contributed by atoms with Crippen LogP contribution in [0.15, 0.2) is 77.8 Å². The summed E-state index contributed by atoms with van der Waals surface area (Å²) in [4.78, 5) is 37.9. The summed E-state index contributed by atoms with van der Waals surface area (Å²) in [6.45, 7) is 9.08. The van der Waals surface area contributed by atoms with Gasteiger partial charge in [0.25, 0.3) is 5.56 Å². The number of aromatic nitrogens is 5. The van der Waals surface area contributed by atoms with E-state index in [4.69, 9.17) is 4.98 Å². The minimum atomic E-state index is -0.110. The molecule has 9 nitrogen and oxygen atoms in total. The second-order valence-corrected chi connectivity index (χ2v) is 12.9. The molecule has 2 saturated heterocycles. The number of pyridine rings is 2. The topological polar surface area (TPSA) is 92.1 Å². The molecule has 6 heterocycles. The summed E-state index contributed by atoms with van der Waals surface area (Å²) in [6, 6.07) is 15.0. The Balaban J connectivity index is 1.12. The maximum Gasteiger partial charge on any atom is 0.260 e. The Bertz CT molecular complexity index is 1900. The van der Waals surface area contributed by atoms with Crippen LogP contribution in [-0.2, 0) is 6.54 Å². The van der Waals surface area contributed by atoms with E-state index in [1.807, 2.05) is 23.6 Å². The minimum Gasteiger partial charge on any atom is -0.369 e. The molecule has 10 heteroatoms. The average Bonchev–Trinajstić information content (AvgIpc) is 3.55. The van der Waals surface area contributed by atoms with E-state index >= 15 is 0 Å². The lowest BCUT2D eigenvalue weighted by molar-refractivity contribution is 0.231. The maximum absolute atomic E-state index is 14.1. The van der Waals surface area contributed by atoms with Crippen molar-refractivity contribution in [2.24, 2.45) is 5.92 Å². The van der Waals surface area contributed by atoms with Crippen molar-refractivity contribution in [1.82, 2.24) is 29.4 Å². The molecular formula is C34H34N8OS. The van der Waals surface area contributed by atoms with Gasteiger partial charge in [-0.3, -0.25) is 19.2 Å². The summed E-state index contributed by atoms with van der Waals surface area (Å²) in [5.41, 5.74) is 5.79. The quantitative estimate of drug-likeness (QED) is 0.238. The summed E-state index contributed by atoms with van der Waals surface area (Å²) in [6.07, 6.45) is 10.1. The van der Waals surface area contributed by atoms with Gasteiger partial charge in [0.15, 0.2) is 0 Å². The van der Waals surface area contributed by atoms with Gasteiger partial charge in [-0.2, -0.15) is 4.98 Å². The van der Waals surface area contributed by atoms with Gasteiger partial charge in [-0.25, -0.2) is 9.97 Å². The van der Waals surface area contributed by atoms with E-state index in [2.05, 4.69) is 60.9 Å². The Morgan fingerprint density at radius 3 is 2.73 bits per heavy atom. The van der Waals surface area contributed by atoms with Crippen molar-refractivity contribution < 1.29 is 0 Å². The van der Waals surface area contributed by atoms with E-state index in [1.54, 1.807) is 34.5 Å². The van der Waals surface area contributed by atoms with Crippen LogP contribution in [0.2, 0.25) is 0 Å². The molecule has 1 aromatic carbocycles. The molecule has 3 fully saturated rings. The van der Waals surface area contributed by atoms with Crippen LogP contribution < -0.4 is 15.8 Å². The van der Waals surface area contributed by atoms with Gasteiger partial charge in [0.1, 0.15) is 10.7 Å². The lowest BCUT2D eigenvalue weighted by Gasteiger charge is -2.38. The highest BCUT2D eigenvalue weighted by molar-refractivity contribution is 7.13. The van der Waals surface area contributed by atoms with Gasteiger partial charge in [-0.1, -0.05) is 6.58 Å². The van der Waals surface area contributed by atoms with E-state index in [1.165, 1.54) is 25.1 Å². The number of hydrogen-bond donors (Lipinski definition) is 1. The third kappa shape index (κ3) is 5.18. The van der Waals surface area contributed by atoms with Gasteiger partial charge in [-0.15, -0.1) is 11.3 Å². The molecule has 0 radical (unpaired) electrons. The summed E-state index contributed by atoms with van der Waals surface area (Å²) in [7, 11) is 0. The molecule has 1 unspecified atom stereocenters. The normalized spacial score (nSPS) is 18.5. The van der Waals surface area contributed by atoms with Crippen LogP contribution in [-0.4, -0.2) is 61.6 Å².